The van der Waals surface area contributed by atoms with Crippen LogP contribution in [0.5, 0.6) is 0 Å². The van der Waals surface area contributed by atoms with Gasteiger partial charge in [0.2, 0.25) is 23.6 Å². The maximum absolute atomic E-state index is 13.8. The number of phosphoric ester groups is 1. The molecule has 0 aromatic carbocycles. The largest absolute Gasteiger partial charge is 0.524 e. The third-order valence-corrected chi connectivity index (χ3v) is 13.0. The molecule has 7 atom stereocenters. The fraction of sp³-hybridized carbons (Fsp3) is 0.667. The van der Waals surface area contributed by atoms with Gasteiger partial charge in [0.25, 0.3) is 5.91 Å². The van der Waals surface area contributed by atoms with Crippen LogP contribution < -0.4 is 10.6 Å². The van der Waals surface area contributed by atoms with E-state index in [9.17, 15) is 43.1 Å². The molecule has 3 rings (SSSR count). The van der Waals surface area contributed by atoms with Crippen molar-refractivity contribution in [2.75, 3.05) is 26.4 Å². The Morgan fingerprint density at radius 3 is 2.45 bits per heavy atom. The van der Waals surface area contributed by atoms with Crippen LogP contribution in [-0.2, 0) is 37.8 Å². The van der Waals surface area contributed by atoms with Gasteiger partial charge in [-0.05, 0) is 61.3 Å². The average molecular weight is 870 g/mol. The first kappa shape index (κ1) is 48.8. The summed E-state index contributed by atoms with van der Waals surface area (Å²) in [6.07, 6.45) is 7.78. The molecule has 0 bridgehead atoms. The molecule has 1 aromatic rings. The number of imide groups is 1. The van der Waals surface area contributed by atoms with Crippen LogP contribution in [0.15, 0.2) is 29.4 Å². The Balaban J connectivity index is 1.73. The molecule has 3 unspecified atom stereocenters. The van der Waals surface area contributed by atoms with Crippen LogP contribution in [0.4, 0.5) is 0 Å². The van der Waals surface area contributed by atoms with E-state index in [4.69, 9.17) is 9.26 Å². The van der Waals surface area contributed by atoms with Gasteiger partial charge in [-0.2, -0.15) is 0 Å². The first-order valence-electron chi connectivity index (χ1n) is 19.7. The minimum Gasteiger partial charge on any atom is -0.455 e. The molecule has 2 heterocycles. The number of phosphoric acid groups is 1. The highest BCUT2D eigenvalue weighted by Gasteiger charge is 2.36. The number of allylic oxidation sites excluding steroid dienone is 3. The van der Waals surface area contributed by atoms with E-state index in [-0.39, 0.29) is 78.1 Å². The van der Waals surface area contributed by atoms with E-state index in [1.165, 1.54) is 43.1 Å². The maximum atomic E-state index is 13.8. The van der Waals surface area contributed by atoms with Gasteiger partial charge in [0.1, 0.15) is 16.5 Å². The number of carbonyl (C=O) groups is 6. The number of ether oxygens (including phenoxy) is 1. The summed E-state index contributed by atoms with van der Waals surface area (Å²) in [5.41, 5.74) is 0.100. The number of carbonyl (C=O) groups excluding carboxylic acids is 6. The molecular weight excluding hydrogens is 810 g/mol. The molecule has 1 saturated heterocycles. The van der Waals surface area contributed by atoms with Crippen molar-refractivity contribution in [1.29, 1.82) is 0 Å². The van der Waals surface area contributed by atoms with E-state index in [2.05, 4.69) is 15.6 Å². The minimum atomic E-state index is -4.76. The molecule has 0 radical (unpaired) electrons. The number of unbranched alkanes of at least 4 members (excludes halogenated alkanes) is 1. The lowest BCUT2D eigenvalue weighted by Gasteiger charge is -2.33. The van der Waals surface area contributed by atoms with Crippen molar-refractivity contribution in [2.24, 2.45) is 23.7 Å². The van der Waals surface area contributed by atoms with E-state index >= 15 is 0 Å². The van der Waals surface area contributed by atoms with Gasteiger partial charge in [0, 0.05) is 70.2 Å². The summed E-state index contributed by atoms with van der Waals surface area (Å²) < 4.78 is 21.9. The van der Waals surface area contributed by atoms with Gasteiger partial charge in [-0.25, -0.2) is 9.55 Å². The molecule has 1 aliphatic carbocycles. The van der Waals surface area contributed by atoms with Gasteiger partial charge in [0.15, 0.2) is 6.10 Å². The van der Waals surface area contributed by atoms with Gasteiger partial charge in [-0.15, -0.1) is 23.1 Å². The molecule has 324 valence electrons. The fourth-order valence-electron chi connectivity index (χ4n) is 6.92. The summed E-state index contributed by atoms with van der Waals surface area (Å²) in [5, 5.41) is 7.56. The Bertz CT molecular complexity index is 1730. The van der Waals surface area contributed by atoms with E-state index in [1.807, 2.05) is 27.7 Å². The Morgan fingerprint density at radius 1 is 1.16 bits per heavy atom. The highest BCUT2D eigenvalue weighted by atomic mass is 32.2. The SMILES string of the molecule is CCCCC(=O)N(C)[C@H](C[C@@H](OC(C)=O)c1nc(C(=O)N[C@H](CC(C)C(=O)NCCCSC2CC(=O)N(C)C2=O)C[C@H]2C=CC(OP(=O)(O)O)=CC2C)cs1)C(C)C. The number of thioether (sulfide) groups is 1. The zero-order valence-corrected chi connectivity index (χ0v) is 37.2. The van der Waals surface area contributed by atoms with Crippen molar-refractivity contribution in [2.45, 2.75) is 116 Å². The number of nitrogens with zero attached hydrogens (tertiary/aromatic N) is 3. The van der Waals surface area contributed by atoms with Crippen LogP contribution in [-0.4, -0.2) is 104 Å². The molecular formula is C39H60N5O11PS2. The molecule has 16 nitrogen and oxygen atoms in total. The molecule has 1 fully saturated rings. The first-order chi connectivity index (χ1) is 27.2. The maximum Gasteiger partial charge on any atom is 0.524 e. The second-order valence-corrected chi connectivity index (χ2v) is 18.8. The van der Waals surface area contributed by atoms with Crippen molar-refractivity contribution in [3.05, 3.63) is 40.1 Å². The topological polar surface area (TPSA) is 222 Å². The molecule has 1 aliphatic heterocycles. The van der Waals surface area contributed by atoms with Crippen LogP contribution in [0, 0.1) is 23.7 Å². The van der Waals surface area contributed by atoms with Crippen molar-refractivity contribution in [3.63, 3.8) is 0 Å². The monoisotopic (exact) mass is 869 g/mol. The Labute approximate surface area is 349 Å². The number of esters is 1. The Morgan fingerprint density at radius 2 is 1.86 bits per heavy atom. The van der Waals surface area contributed by atoms with Crippen LogP contribution in [0.1, 0.15) is 115 Å². The molecule has 0 saturated carbocycles. The zero-order chi connectivity index (χ0) is 43.3. The molecule has 2 aliphatic rings. The number of thiazole rings is 1. The second kappa shape index (κ2) is 22.7. The molecule has 5 amide bonds. The van der Waals surface area contributed by atoms with Gasteiger partial charge in [0.05, 0.1) is 5.25 Å². The Hall–Kier alpha value is -3.57. The third kappa shape index (κ3) is 15.2. The number of hydrogen-bond acceptors (Lipinski definition) is 12. The van der Waals surface area contributed by atoms with E-state index in [0.717, 1.165) is 17.7 Å². The van der Waals surface area contributed by atoms with Crippen LogP contribution >= 0.6 is 30.9 Å². The molecule has 1 aromatic heterocycles. The summed E-state index contributed by atoms with van der Waals surface area (Å²) in [6, 6.07) is -0.800. The van der Waals surface area contributed by atoms with Gasteiger partial charge in [-0.1, -0.05) is 47.1 Å². The van der Waals surface area contributed by atoms with Crippen molar-refractivity contribution >= 4 is 66.4 Å². The summed E-state index contributed by atoms with van der Waals surface area (Å²) in [5.74, 6) is -1.94. The lowest BCUT2D eigenvalue weighted by Crippen LogP contribution is -2.41. The molecule has 0 spiro atoms. The zero-order valence-electron chi connectivity index (χ0n) is 34.7. The quantitative estimate of drug-likeness (QED) is 0.0485. The van der Waals surface area contributed by atoms with Crippen LogP contribution in [0.25, 0.3) is 0 Å². The average Bonchev–Trinajstić information content (AvgIpc) is 3.73. The summed E-state index contributed by atoms with van der Waals surface area (Å²) >= 11 is 2.56. The molecule has 58 heavy (non-hydrogen) atoms. The number of nitrogens with one attached hydrogen (secondary N) is 2. The Kier molecular flexibility index (Phi) is 19.1. The predicted octanol–water partition coefficient (Wildman–Crippen LogP) is 5.14. The number of hydrogen-bond donors (Lipinski definition) is 4. The van der Waals surface area contributed by atoms with Crippen LogP contribution in [0.3, 0.4) is 0 Å². The number of aromatic nitrogens is 1. The van der Waals surface area contributed by atoms with E-state index < -0.39 is 43.0 Å². The normalized spacial score (nSPS) is 20.3. The minimum absolute atomic E-state index is 0.00130. The molecule has 19 heteroatoms. The fourth-order valence-corrected chi connectivity index (χ4v) is 9.31. The van der Waals surface area contributed by atoms with E-state index in [1.54, 1.807) is 36.4 Å². The number of rotatable bonds is 23. The van der Waals surface area contributed by atoms with Crippen LogP contribution in [0.2, 0.25) is 0 Å². The second-order valence-electron chi connectivity index (χ2n) is 15.4. The van der Waals surface area contributed by atoms with Crippen molar-refractivity contribution in [1.82, 2.24) is 25.4 Å². The third-order valence-electron chi connectivity index (χ3n) is 10.3. The number of amides is 5. The van der Waals surface area contributed by atoms with Crippen molar-refractivity contribution < 1.29 is 52.4 Å². The molecule has 4 N–H and O–H groups in total. The van der Waals surface area contributed by atoms with Gasteiger partial charge < -0.3 is 24.8 Å². The predicted molar refractivity (Wildman–Crippen MR) is 221 cm³/mol. The lowest BCUT2D eigenvalue weighted by atomic mass is 9.82. The highest BCUT2D eigenvalue weighted by molar-refractivity contribution is 8.00. The summed E-state index contributed by atoms with van der Waals surface area (Å²) in [4.78, 5) is 102. The number of likely N-dealkylation sites (tertiary alicyclic amines) is 1. The highest BCUT2D eigenvalue weighted by Crippen LogP contribution is 2.41. The van der Waals surface area contributed by atoms with E-state index in [0.29, 0.717) is 36.6 Å². The first-order valence-corrected chi connectivity index (χ1v) is 23.2. The standard InChI is InChI=1S/C39H60N5O11PS2/c1-9-10-12-34(46)43(7)31(23(2)3)20-32(54-26(6)45)38-42-30(22-58-38)37(49)41-28(19-27-13-14-29(18-24(27)4)55-56(51,52)53)17-25(5)36(48)40-15-11-16-57-33-21-35(47)44(8)39(33)50/h13-14,18,22-25,27-28,31-33H,9-12,15-17,19-21H2,1-8H3,(H,40,48)(H,41,49)(H2,51,52,53)/t24?,25?,27-,28-,31-,32-,33?/m1/s1. The lowest BCUT2D eigenvalue weighted by molar-refractivity contribution is -0.148. The smallest absolute Gasteiger partial charge is 0.455 e. The van der Waals surface area contributed by atoms with Gasteiger partial charge >= 0.3 is 13.8 Å². The summed E-state index contributed by atoms with van der Waals surface area (Å²) in [7, 11) is -1.54. The summed E-state index contributed by atoms with van der Waals surface area (Å²) in [6.45, 7) is 11.3. The van der Waals surface area contributed by atoms with Gasteiger partial charge in [-0.3, -0.25) is 43.5 Å². The van der Waals surface area contributed by atoms with Crippen molar-refractivity contribution in [3.8, 4) is 0 Å².